The molecule has 4 rings (SSSR count). The molecule has 26 heavy (non-hydrogen) atoms. The van der Waals surface area contributed by atoms with E-state index in [2.05, 4.69) is 23.3 Å². The fourth-order valence-electron chi connectivity index (χ4n) is 3.64. The van der Waals surface area contributed by atoms with Crippen LogP contribution in [0.2, 0.25) is 0 Å². The average Bonchev–Trinajstić information content (AvgIpc) is 3.09. The van der Waals surface area contributed by atoms with Crippen LogP contribution in [0.1, 0.15) is 40.6 Å². The van der Waals surface area contributed by atoms with Gasteiger partial charge in [0.2, 0.25) is 0 Å². The summed E-state index contributed by atoms with van der Waals surface area (Å²) in [5.41, 5.74) is 2.23. The lowest BCUT2D eigenvalue weighted by molar-refractivity contribution is 0.0221. The summed E-state index contributed by atoms with van der Waals surface area (Å²) in [6.45, 7) is 6.72. The van der Waals surface area contributed by atoms with E-state index in [0.29, 0.717) is 6.04 Å². The number of rotatable bonds is 6. The van der Waals surface area contributed by atoms with Crippen molar-refractivity contribution in [3.05, 3.63) is 51.7 Å². The highest BCUT2D eigenvalue weighted by atomic mass is 32.1. The van der Waals surface area contributed by atoms with Crippen molar-refractivity contribution in [1.82, 2.24) is 9.80 Å². The molecule has 2 aromatic rings. The zero-order chi connectivity index (χ0) is 17.9. The number of carbonyl (C=O) groups excluding carboxylic acids is 1. The second-order valence-electron chi connectivity index (χ2n) is 7.18. The minimum atomic E-state index is 0.134. The highest BCUT2D eigenvalue weighted by molar-refractivity contribution is 7.10. The van der Waals surface area contributed by atoms with Gasteiger partial charge in [0.05, 0.1) is 6.61 Å². The monoisotopic (exact) mass is 370 g/mol. The maximum absolute atomic E-state index is 12.7. The second-order valence-corrected chi connectivity index (χ2v) is 8.18. The van der Waals surface area contributed by atoms with Gasteiger partial charge in [0.1, 0.15) is 5.75 Å². The first-order chi connectivity index (χ1) is 12.7. The summed E-state index contributed by atoms with van der Waals surface area (Å²) in [5, 5.41) is 2.19. The molecule has 1 aromatic carbocycles. The van der Waals surface area contributed by atoms with E-state index in [1.165, 1.54) is 10.4 Å². The van der Waals surface area contributed by atoms with Crippen LogP contribution < -0.4 is 4.74 Å². The number of nitrogens with zero attached hydrogens (tertiary/aromatic N) is 2. The molecule has 5 heteroatoms. The van der Waals surface area contributed by atoms with E-state index < -0.39 is 0 Å². The first-order valence-electron chi connectivity index (χ1n) is 9.56. The van der Waals surface area contributed by atoms with Crippen molar-refractivity contribution in [2.24, 2.45) is 0 Å². The highest BCUT2D eigenvalue weighted by Crippen LogP contribution is 2.28. The summed E-state index contributed by atoms with van der Waals surface area (Å²) < 4.78 is 5.67. The molecule has 0 spiro atoms. The molecular formula is C21H26N2O2S. The quantitative estimate of drug-likeness (QED) is 0.725. The third-order valence-corrected chi connectivity index (χ3v) is 6.39. The van der Waals surface area contributed by atoms with Crippen molar-refractivity contribution < 1.29 is 9.53 Å². The van der Waals surface area contributed by atoms with E-state index in [9.17, 15) is 4.79 Å². The Balaban J connectivity index is 1.28. The Morgan fingerprint density at radius 2 is 2.04 bits per heavy atom. The Labute approximate surface area is 159 Å². The van der Waals surface area contributed by atoms with Gasteiger partial charge in [0.25, 0.3) is 5.91 Å². The van der Waals surface area contributed by atoms with E-state index >= 15 is 0 Å². The first kappa shape index (κ1) is 17.6. The van der Waals surface area contributed by atoms with Gasteiger partial charge in [0, 0.05) is 42.7 Å². The molecule has 2 aliphatic rings. The minimum absolute atomic E-state index is 0.134. The third kappa shape index (κ3) is 3.64. The topological polar surface area (TPSA) is 32.8 Å². The van der Waals surface area contributed by atoms with Gasteiger partial charge in [-0.25, -0.2) is 0 Å². The van der Waals surface area contributed by atoms with Crippen molar-refractivity contribution in [3.8, 4) is 5.75 Å². The average molecular weight is 371 g/mol. The number of unbranched alkanes of at least 4 members (excludes halogenated alkanes) is 1. The number of carbonyl (C=O) groups is 1. The van der Waals surface area contributed by atoms with Crippen LogP contribution in [0.5, 0.6) is 5.75 Å². The van der Waals surface area contributed by atoms with Crippen LogP contribution in [0.25, 0.3) is 0 Å². The molecule has 2 aliphatic heterocycles. The third-order valence-electron chi connectivity index (χ3n) is 5.37. The number of fused-ring (bicyclic) bond motifs is 1. The number of hydrogen-bond acceptors (Lipinski definition) is 4. The first-order valence-corrected chi connectivity index (χ1v) is 10.4. The van der Waals surface area contributed by atoms with E-state index in [1.54, 1.807) is 0 Å². The van der Waals surface area contributed by atoms with E-state index in [0.717, 1.165) is 63.4 Å². The van der Waals surface area contributed by atoms with Crippen molar-refractivity contribution in [2.75, 3.05) is 26.2 Å². The molecule has 0 saturated carbocycles. The smallest absolute Gasteiger partial charge is 0.253 e. The molecule has 1 amide bonds. The molecule has 0 atom stereocenters. The molecule has 3 heterocycles. The number of ether oxygens (including phenoxy) is 1. The van der Waals surface area contributed by atoms with Crippen LogP contribution >= 0.6 is 11.3 Å². The van der Waals surface area contributed by atoms with Gasteiger partial charge in [-0.2, -0.15) is 0 Å². The number of thiophene rings is 1. The van der Waals surface area contributed by atoms with Crippen LogP contribution in [0.3, 0.4) is 0 Å². The van der Waals surface area contributed by atoms with Gasteiger partial charge >= 0.3 is 0 Å². The molecule has 0 aliphatic carbocycles. The summed E-state index contributed by atoms with van der Waals surface area (Å²) in [4.78, 5) is 18.7. The van der Waals surface area contributed by atoms with E-state index in [4.69, 9.17) is 4.74 Å². The maximum Gasteiger partial charge on any atom is 0.253 e. The maximum atomic E-state index is 12.7. The fourth-order valence-corrected chi connectivity index (χ4v) is 4.53. The van der Waals surface area contributed by atoms with Crippen LogP contribution in [0.15, 0.2) is 35.7 Å². The lowest BCUT2D eigenvalue weighted by Crippen LogP contribution is -2.61. The van der Waals surface area contributed by atoms with E-state index in [1.807, 2.05) is 40.5 Å². The molecule has 4 nitrogen and oxygen atoms in total. The van der Waals surface area contributed by atoms with Crippen molar-refractivity contribution >= 4 is 17.2 Å². The van der Waals surface area contributed by atoms with E-state index in [-0.39, 0.29) is 5.91 Å². The second kappa shape index (κ2) is 7.80. The Hall–Kier alpha value is -1.85. The Morgan fingerprint density at radius 1 is 1.23 bits per heavy atom. The largest absolute Gasteiger partial charge is 0.494 e. The predicted molar refractivity (Wildman–Crippen MR) is 105 cm³/mol. The van der Waals surface area contributed by atoms with Crippen molar-refractivity contribution in [2.45, 2.75) is 38.8 Å². The Bertz CT molecular complexity index is 750. The summed E-state index contributed by atoms with van der Waals surface area (Å²) in [6, 6.07) is 10.3. The Kier molecular flexibility index (Phi) is 5.27. The standard InChI is InChI=1S/C21H26N2O2S/c1-2-3-11-25-19-6-4-16(5-7-19)21(24)23-14-18(15-23)22-10-8-20-17(13-22)9-12-26-20/h4-7,9,12,18H,2-3,8,10-11,13-15H2,1H3. The van der Waals surface area contributed by atoms with Crippen molar-refractivity contribution in [3.63, 3.8) is 0 Å². The van der Waals surface area contributed by atoms with Crippen molar-refractivity contribution in [1.29, 1.82) is 0 Å². The van der Waals surface area contributed by atoms with Crippen LogP contribution in [-0.4, -0.2) is 48.0 Å². The predicted octanol–water partition coefficient (Wildman–Crippen LogP) is 3.81. The van der Waals surface area contributed by atoms with Gasteiger partial charge in [0.15, 0.2) is 0 Å². The Morgan fingerprint density at radius 3 is 2.81 bits per heavy atom. The zero-order valence-corrected chi connectivity index (χ0v) is 16.1. The van der Waals surface area contributed by atoms with Gasteiger partial charge in [-0.15, -0.1) is 11.3 Å². The number of hydrogen-bond donors (Lipinski definition) is 0. The van der Waals surface area contributed by atoms with Crippen LogP contribution in [-0.2, 0) is 13.0 Å². The highest BCUT2D eigenvalue weighted by Gasteiger charge is 2.36. The molecule has 1 saturated heterocycles. The zero-order valence-electron chi connectivity index (χ0n) is 15.3. The lowest BCUT2D eigenvalue weighted by Gasteiger charge is -2.46. The molecule has 1 aromatic heterocycles. The number of benzene rings is 1. The van der Waals surface area contributed by atoms with Gasteiger partial charge in [-0.1, -0.05) is 13.3 Å². The normalized spacial score (nSPS) is 17.7. The summed E-state index contributed by atoms with van der Waals surface area (Å²) >= 11 is 1.87. The number of amides is 1. The molecule has 0 bridgehead atoms. The summed E-state index contributed by atoms with van der Waals surface area (Å²) in [7, 11) is 0. The minimum Gasteiger partial charge on any atom is -0.494 e. The molecular weight excluding hydrogens is 344 g/mol. The molecule has 0 unspecified atom stereocenters. The molecule has 138 valence electrons. The van der Waals surface area contributed by atoms with Crippen LogP contribution in [0, 0.1) is 0 Å². The van der Waals surface area contributed by atoms with Crippen LogP contribution in [0.4, 0.5) is 0 Å². The SMILES string of the molecule is CCCCOc1ccc(C(=O)N2CC(N3CCc4sccc4C3)C2)cc1. The molecule has 1 fully saturated rings. The summed E-state index contributed by atoms with van der Waals surface area (Å²) in [5.74, 6) is 0.978. The van der Waals surface area contributed by atoms with Gasteiger partial charge in [-0.3, -0.25) is 9.69 Å². The molecule has 0 radical (unpaired) electrons. The lowest BCUT2D eigenvalue weighted by atomic mass is 10.0. The summed E-state index contributed by atoms with van der Waals surface area (Å²) in [6.07, 6.45) is 3.33. The van der Waals surface area contributed by atoms with Gasteiger partial charge < -0.3 is 9.64 Å². The fraction of sp³-hybridized carbons (Fsp3) is 0.476. The number of likely N-dealkylation sites (tertiary alicyclic amines) is 1. The molecule has 0 N–H and O–H groups in total. The van der Waals surface area contributed by atoms with Gasteiger partial charge in [-0.05, 0) is 54.1 Å².